The maximum atomic E-state index is 12.1. The highest BCUT2D eigenvalue weighted by molar-refractivity contribution is 7.16. The lowest BCUT2D eigenvalue weighted by atomic mass is 10.0. The SMILES string of the molecule is COc1ccc(-c2cc(OC(=O)c3ccco3)cc3sc(=O)oc23)cc1. The Hall–Kier alpha value is -3.32. The average molecular weight is 368 g/mol. The standard InChI is InChI=1S/C19H12O6S/c1-22-12-6-4-11(5-7-12)14-9-13(10-16-17(14)25-19(21)26-16)24-18(20)15-3-2-8-23-15/h2-10H,1H3. The van der Waals surface area contributed by atoms with Crippen LogP contribution in [0.5, 0.6) is 11.5 Å². The number of carbonyl (C=O) groups excluding carboxylic acids is 1. The highest BCUT2D eigenvalue weighted by atomic mass is 32.1. The Kier molecular flexibility index (Phi) is 4.06. The van der Waals surface area contributed by atoms with Gasteiger partial charge >= 0.3 is 10.9 Å². The molecule has 0 bridgehead atoms. The topological polar surface area (TPSA) is 78.9 Å². The van der Waals surface area contributed by atoms with Crippen molar-refractivity contribution in [2.75, 3.05) is 7.11 Å². The highest BCUT2D eigenvalue weighted by Crippen LogP contribution is 2.35. The lowest BCUT2D eigenvalue weighted by Crippen LogP contribution is -2.07. The van der Waals surface area contributed by atoms with Gasteiger partial charge in [0, 0.05) is 11.6 Å². The number of ether oxygens (including phenoxy) is 2. The van der Waals surface area contributed by atoms with Crippen LogP contribution in [-0.4, -0.2) is 13.1 Å². The molecule has 2 aromatic carbocycles. The van der Waals surface area contributed by atoms with E-state index in [2.05, 4.69) is 0 Å². The largest absolute Gasteiger partial charge is 0.497 e. The number of rotatable bonds is 4. The van der Waals surface area contributed by atoms with E-state index >= 15 is 0 Å². The van der Waals surface area contributed by atoms with Gasteiger partial charge in [-0.1, -0.05) is 23.5 Å². The molecule has 0 aliphatic heterocycles. The van der Waals surface area contributed by atoms with E-state index in [-0.39, 0.29) is 5.76 Å². The molecule has 0 atom stereocenters. The predicted octanol–water partition coefficient (Wildman–Crippen LogP) is 4.34. The lowest BCUT2D eigenvalue weighted by molar-refractivity contribution is 0.0701. The number of methoxy groups -OCH3 is 1. The third kappa shape index (κ3) is 3.00. The Bertz CT molecular complexity index is 1120. The second-order valence-corrected chi connectivity index (χ2v) is 6.32. The lowest BCUT2D eigenvalue weighted by Gasteiger charge is -2.08. The first-order chi connectivity index (χ1) is 12.6. The van der Waals surface area contributed by atoms with E-state index in [0.29, 0.717) is 27.3 Å². The summed E-state index contributed by atoms with van der Waals surface area (Å²) in [5.41, 5.74) is 1.89. The minimum atomic E-state index is -0.620. The monoisotopic (exact) mass is 368 g/mol. The Morgan fingerprint density at radius 3 is 2.58 bits per heavy atom. The number of hydrogen-bond acceptors (Lipinski definition) is 7. The van der Waals surface area contributed by atoms with Gasteiger partial charge in [-0.15, -0.1) is 0 Å². The van der Waals surface area contributed by atoms with Crippen LogP contribution in [-0.2, 0) is 0 Å². The molecule has 0 saturated heterocycles. The maximum Gasteiger partial charge on any atom is 0.396 e. The van der Waals surface area contributed by atoms with E-state index < -0.39 is 10.9 Å². The zero-order chi connectivity index (χ0) is 18.1. The van der Waals surface area contributed by atoms with Crippen molar-refractivity contribution >= 4 is 27.6 Å². The van der Waals surface area contributed by atoms with Crippen LogP contribution < -0.4 is 14.4 Å². The van der Waals surface area contributed by atoms with Crippen LogP contribution in [0.2, 0.25) is 0 Å². The number of fused-ring (bicyclic) bond motifs is 1. The van der Waals surface area contributed by atoms with Crippen LogP contribution in [0.15, 0.2) is 68.4 Å². The van der Waals surface area contributed by atoms with E-state index in [0.717, 1.165) is 16.9 Å². The number of hydrogen-bond donors (Lipinski definition) is 0. The summed E-state index contributed by atoms with van der Waals surface area (Å²) >= 11 is 0.946. The molecule has 0 aliphatic carbocycles. The fourth-order valence-corrected chi connectivity index (χ4v) is 3.27. The van der Waals surface area contributed by atoms with E-state index in [1.165, 1.54) is 12.3 Å². The van der Waals surface area contributed by atoms with Gasteiger partial charge in [-0.25, -0.2) is 9.59 Å². The molecule has 0 radical (unpaired) electrons. The van der Waals surface area contributed by atoms with Gasteiger partial charge in [0.1, 0.15) is 11.5 Å². The van der Waals surface area contributed by atoms with Crippen LogP contribution >= 0.6 is 11.3 Å². The van der Waals surface area contributed by atoms with Crippen LogP contribution in [0, 0.1) is 0 Å². The first kappa shape index (κ1) is 16.2. The van der Waals surface area contributed by atoms with E-state index in [1.54, 1.807) is 37.4 Å². The second-order valence-electron chi connectivity index (χ2n) is 5.35. The van der Waals surface area contributed by atoms with Crippen molar-refractivity contribution in [1.82, 2.24) is 0 Å². The molecule has 130 valence electrons. The molecule has 4 rings (SSSR count). The van der Waals surface area contributed by atoms with Gasteiger partial charge in [-0.2, -0.15) is 0 Å². The van der Waals surface area contributed by atoms with Crippen molar-refractivity contribution in [3.8, 4) is 22.6 Å². The van der Waals surface area contributed by atoms with Gasteiger partial charge in [-0.3, -0.25) is 0 Å². The molecule has 2 heterocycles. The van der Waals surface area contributed by atoms with Crippen molar-refractivity contribution in [3.05, 3.63) is 70.3 Å². The minimum Gasteiger partial charge on any atom is -0.497 e. The summed E-state index contributed by atoms with van der Waals surface area (Å²) in [4.78, 5) is 23.4. The first-order valence-electron chi connectivity index (χ1n) is 7.62. The number of benzene rings is 2. The molecule has 6 nitrogen and oxygen atoms in total. The maximum absolute atomic E-state index is 12.1. The van der Waals surface area contributed by atoms with E-state index in [1.807, 2.05) is 12.1 Å². The fraction of sp³-hybridized carbons (Fsp3) is 0.0526. The van der Waals surface area contributed by atoms with Gasteiger partial charge in [-0.05, 0) is 35.9 Å². The summed E-state index contributed by atoms with van der Waals surface area (Å²) in [6, 6.07) is 13.6. The molecule has 0 aliphatic rings. The smallest absolute Gasteiger partial charge is 0.396 e. The zero-order valence-electron chi connectivity index (χ0n) is 13.6. The van der Waals surface area contributed by atoms with Crippen molar-refractivity contribution in [2.45, 2.75) is 0 Å². The summed E-state index contributed by atoms with van der Waals surface area (Å²) in [7, 11) is 1.58. The molecular weight excluding hydrogens is 356 g/mol. The summed E-state index contributed by atoms with van der Waals surface area (Å²) < 4.78 is 21.5. The van der Waals surface area contributed by atoms with Crippen LogP contribution in [0.1, 0.15) is 10.6 Å². The summed E-state index contributed by atoms with van der Waals surface area (Å²) in [5.74, 6) is 0.473. The Labute approximate surface area is 151 Å². The molecule has 0 unspecified atom stereocenters. The molecule has 0 amide bonds. The molecule has 0 saturated carbocycles. The molecule has 2 aromatic heterocycles. The summed E-state index contributed by atoms with van der Waals surface area (Å²) in [6.45, 7) is 0. The molecule has 0 spiro atoms. The first-order valence-corrected chi connectivity index (χ1v) is 8.43. The van der Waals surface area contributed by atoms with Gasteiger partial charge in [0.2, 0.25) is 5.76 Å². The van der Waals surface area contributed by atoms with E-state index in [4.69, 9.17) is 18.3 Å². The zero-order valence-corrected chi connectivity index (χ0v) is 14.4. The van der Waals surface area contributed by atoms with Crippen molar-refractivity contribution in [1.29, 1.82) is 0 Å². The number of esters is 1. The molecule has 0 N–H and O–H groups in total. The van der Waals surface area contributed by atoms with Gasteiger partial charge < -0.3 is 18.3 Å². The van der Waals surface area contributed by atoms with Gasteiger partial charge in [0.05, 0.1) is 18.1 Å². The predicted molar refractivity (Wildman–Crippen MR) is 96.0 cm³/mol. The molecule has 26 heavy (non-hydrogen) atoms. The summed E-state index contributed by atoms with van der Waals surface area (Å²) in [6.07, 6.45) is 1.39. The Morgan fingerprint density at radius 2 is 1.88 bits per heavy atom. The molecule has 7 heteroatoms. The number of carbonyl (C=O) groups is 1. The Balaban J connectivity index is 1.80. The third-order valence-corrected chi connectivity index (χ3v) is 4.51. The third-order valence-electron chi connectivity index (χ3n) is 3.74. The summed E-state index contributed by atoms with van der Waals surface area (Å²) in [5, 5.41) is 0. The van der Waals surface area contributed by atoms with Crippen molar-refractivity contribution in [2.24, 2.45) is 0 Å². The van der Waals surface area contributed by atoms with E-state index in [9.17, 15) is 9.59 Å². The number of furan rings is 1. The molecular formula is C19H12O6S. The normalized spacial score (nSPS) is 10.8. The van der Waals surface area contributed by atoms with Gasteiger partial charge in [0.25, 0.3) is 0 Å². The van der Waals surface area contributed by atoms with Crippen LogP contribution in [0.3, 0.4) is 0 Å². The minimum absolute atomic E-state index is 0.0940. The van der Waals surface area contributed by atoms with Crippen molar-refractivity contribution in [3.63, 3.8) is 0 Å². The van der Waals surface area contributed by atoms with Gasteiger partial charge in [0.15, 0.2) is 5.58 Å². The van der Waals surface area contributed by atoms with Crippen molar-refractivity contribution < 1.29 is 23.1 Å². The highest BCUT2D eigenvalue weighted by Gasteiger charge is 2.17. The molecule has 0 fully saturated rings. The van der Waals surface area contributed by atoms with Crippen LogP contribution in [0.25, 0.3) is 21.4 Å². The second kappa shape index (κ2) is 6.53. The fourth-order valence-electron chi connectivity index (χ4n) is 2.55. The quantitative estimate of drug-likeness (QED) is 0.394. The van der Waals surface area contributed by atoms with Crippen LogP contribution in [0.4, 0.5) is 0 Å². The Morgan fingerprint density at radius 1 is 1.08 bits per heavy atom. The molecule has 4 aromatic rings. The average Bonchev–Trinajstić information content (AvgIpc) is 3.30.